The van der Waals surface area contributed by atoms with Crippen LogP contribution in [0.4, 0.5) is 17.1 Å². The molecule has 236 valence electrons. The molecule has 9 aromatic rings. The van der Waals surface area contributed by atoms with Crippen LogP contribution in [0.15, 0.2) is 205 Å². The highest BCUT2D eigenvalue weighted by Crippen LogP contribution is 2.41. The van der Waals surface area contributed by atoms with Crippen molar-refractivity contribution in [2.75, 3.05) is 4.90 Å². The van der Waals surface area contributed by atoms with Gasteiger partial charge in [-0.25, -0.2) is 0 Å². The van der Waals surface area contributed by atoms with Crippen molar-refractivity contribution in [2.45, 2.75) is 0 Å². The van der Waals surface area contributed by atoms with Crippen molar-refractivity contribution in [3.8, 4) is 44.5 Å². The zero-order valence-electron chi connectivity index (χ0n) is 27.4. The molecule has 0 bridgehead atoms. The Bertz CT molecular complexity index is 2530. The number of fused-ring (bicyclic) bond motifs is 3. The number of benzene rings is 8. The quantitative estimate of drug-likeness (QED) is 0.173. The predicted octanol–water partition coefficient (Wildman–Crippen LogP) is 13.7. The molecule has 1 heterocycles. The van der Waals surface area contributed by atoms with E-state index in [0.29, 0.717) is 0 Å². The van der Waals surface area contributed by atoms with E-state index in [-0.39, 0.29) is 0 Å². The number of nitrogens with zero attached hydrogens (tertiary/aromatic N) is 1. The average Bonchev–Trinajstić information content (AvgIpc) is 3.57. The van der Waals surface area contributed by atoms with Crippen LogP contribution in [0.3, 0.4) is 0 Å². The van der Waals surface area contributed by atoms with E-state index in [4.69, 9.17) is 4.42 Å². The van der Waals surface area contributed by atoms with Gasteiger partial charge in [0.1, 0.15) is 11.2 Å². The first-order chi connectivity index (χ1) is 24.8. The maximum Gasteiger partial charge on any atom is 0.136 e. The van der Waals surface area contributed by atoms with Crippen LogP contribution < -0.4 is 4.90 Å². The Kier molecular flexibility index (Phi) is 7.53. The fourth-order valence-corrected chi connectivity index (χ4v) is 6.97. The molecule has 0 saturated heterocycles. The minimum Gasteiger partial charge on any atom is -0.456 e. The van der Waals surface area contributed by atoms with Crippen molar-refractivity contribution in [1.29, 1.82) is 0 Å². The van der Waals surface area contributed by atoms with Gasteiger partial charge in [-0.1, -0.05) is 146 Å². The summed E-state index contributed by atoms with van der Waals surface area (Å²) in [5, 5.41) is 2.27. The monoisotopic (exact) mass is 639 g/mol. The van der Waals surface area contributed by atoms with Gasteiger partial charge in [0.2, 0.25) is 0 Å². The summed E-state index contributed by atoms with van der Waals surface area (Å²) in [7, 11) is 0. The van der Waals surface area contributed by atoms with E-state index in [2.05, 4.69) is 193 Å². The molecule has 0 saturated carbocycles. The summed E-state index contributed by atoms with van der Waals surface area (Å²) >= 11 is 0. The zero-order chi connectivity index (χ0) is 33.3. The van der Waals surface area contributed by atoms with Gasteiger partial charge in [0.05, 0.1) is 0 Å². The first kappa shape index (κ1) is 29.5. The lowest BCUT2D eigenvalue weighted by molar-refractivity contribution is 0.669. The molecule has 9 rings (SSSR count). The Balaban J connectivity index is 1.05. The van der Waals surface area contributed by atoms with Crippen molar-refractivity contribution in [3.63, 3.8) is 0 Å². The van der Waals surface area contributed by atoms with E-state index in [9.17, 15) is 0 Å². The van der Waals surface area contributed by atoms with Crippen molar-refractivity contribution in [2.24, 2.45) is 0 Å². The van der Waals surface area contributed by atoms with E-state index >= 15 is 0 Å². The van der Waals surface area contributed by atoms with Crippen LogP contribution in [0, 0.1) is 0 Å². The van der Waals surface area contributed by atoms with Gasteiger partial charge in [-0.05, 0) is 99.1 Å². The molecule has 50 heavy (non-hydrogen) atoms. The minimum absolute atomic E-state index is 0.901. The van der Waals surface area contributed by atoms with E-state index < -0.39 is 0 Å². The van der Waals surface area contributed by atoms with E-state index in [1.54, 1.807) is 0 Å². The standard InChI is InChI=1S/C48H33NO/c1-4-12-34(13-5-1)36-24-28-41(29-25-36)49(40-16-8-3-9-17-40)42-30-26-37(27-31-42)35-20-22-39(23-21-35)45-33-48-46(43-18-10-11-19-47(43)50-48)32-44(45)38-14-6-2-7-15-38/h1-33H. The third-order valence-electron chi connectivity index (χ3n) is 9.50. The Hall–Kier alpha value is -6.64. The molecule has 0 amide bonds. The molecule has 0 radical (unpaired) electrons. The summed E-state index contributed by atoms with van der Waals surface area (Å²) in [6.45, 7) is 0. The van der Waals surface area contributed by atoms with Gasteiger partial charge >= 0.3 is 0 Å². The molecule has 0 atom stereocenters. The van der Waals surface area contributed by atoms with Gasteiger partial charge in [0, 0.05) is 27.8 Å². The van der Waals surface area contributed by atoms with Crippen molar-refractivity contribution < 1.29 is 4.42 Å². The average molecular weight is 640 g/mol. The SMILES string of the molecule is c1ccc(-c2ccc(N(c3ccccc3)c3ccc(-c4ccc(-c5cc6oc7ccccc7c6cc5-c5ccccc5)cc4)cc3)cc2)cc1. The Morgan fingerprint density at radius 2 is 0.680 bits per heavy atom. The largest absolute Gasteiger partial charge is 0.456 e. The maximum absolute atomic E-state index is 6.31. The van der Waals surface area contributed by atoms with Crippen molar-refractivity contribution in [3.05, 3.63) is 200 Å². The number of hydrogen-bond acceptors (Lipinski definition) is 2. The lowest BCUT2D eigenvalue weighted by Gasteiger charge is -2.26. The second kappa shape index (κ2) is 12.8. The van der Waals surface area contributed by atoms with Crippen LogP contribution in [0.1, 0.15) is 0 Å². The van der Waals surface area contributed by atoms with Gasteiger partial charge in [-0.2, -0.15) is 0 Å². The highest BCUT2D eigenvalue weighted by Gasteiger charge is 2.16. The molecule has 0 unspecified atom stereocenters. The van der Waals surface area contributed by atoms with Crippen LogP contribution in [0.5, 0.6) is 0 Å². The molecule has 1 aromatic heterocycles. The van der Waals surface area contributed by atoms with E-state index in [1.807, 2.05) is 12.1 Å². The summed E-state index contributed by atoms with van der Waals surface area (Å²) < 4.78 is 6.31. The molecule has 2 nitrogen and oxygen atoms in total. The lowest BCUT2D eigenvalue weighted by atomic mass is 9.92. The van der Waals surface area contributed by atoms with Crippen molar-refractivity contribution >= 4 is 39.0 Å². The summed E-state index contributed by atoms with van der Waals surface area (Å²) in [6, 6.07) is 71.0. The van der Waals surface area contributed by atoms with Gasteiger partial charge < -0.3 is 9.32 Å². The second-order valence-corrected chi connectivity index (χ2v) is 12.6. The third kappa shape index (κ3) is 5.53. The molecular formula is C48H33NO. The Morgan fingerprint density at radius 3 is 1.28 bits per heavy atom. The Labute approximate surface area is 292 Å². The van der Waals surface area contributed by atoms with Crippen LogP contribution in [0.25, 0.3) is 66.4 Å². The third-order valence-corrected chi connectivity index (χ3v) is 9.50. The number of para-hydroxylation sites is 2. The Morgan fingerprint density at radius 1 is 0.280 bits per heavy atom. The molecule has 8 aromatic carbocycles. The molecule has 0 aliphatic heterocycles. The predicted molar refractivity (Wildman–Crippen MR) is 210 cm³/mol. The lowest BCUT2D eigenvalue weighted by Crippen LogP contribution is -2.09. The van der Waals surface area contributed by atoms with Crippen molar-refractivity contribution in [1.82, 2.24) is 0 Å². The van der Waals surface area contributed by atoms with Gasteiger partial charge in [0.25, 0.3) is 0 Å². The van der Waals surface area contributed by atoms with Crippen LogP contribution >= 0.6 is 0 Å². The fraction of sp³-hybridized carbons (Fsp3) is 0. The first-order valence-corrected chi connectivity index (χ1v) is 17.0. The highest BCUT2D eigenvalue weighted by molar-refractivity contribution is 6.08. The number of anilines is 3. The summed E-state index contributed by atoms with van der Waals surface area (Å²) in [6.07, 6.45) is 0. The molecule has 0 fully saturated rings. The minimum atomic E-state index is 0.901. The topological polar surface area (TPSA) is 16.4 Å². The summed E-state index contributed by atoms with van der Waals surface area (Å²) in [5.41, 5.74) is 14.6. The summed E-state index contributed by atoms with van der Waals surface area (Å²) in [4.78, 5) is 2.31. The van der Waals surface area contributed by atoms with E-state index in [0.717, 1.165) is 50.1 Å². The molecular weight excluding hydrogens is 607 g/mol. The van der Waals surface area contributed by atoms with Gasteiger partial charge in [-0.3, -0.25) is 0 Å². The van der Waals surface area contributed by atoms with Crippen LogP contribution in [0.2, 0.25) is 0 Å². The smallest absolute Gasteiger partial charge is 0.136 e. The zero-order valence-corrected chi connectivity index (χ0v) is 27.4. The molecule has 0 spiro atoms. The summed E-state index contributed by atoms with van der Waals surface area (Å²) in [5.74, 6) is 0. The van der Waals surface area contributed by atoms with Crippen LogP contribution in [-0.4, -0.2) is 0 Å². The van der Waals surface area contributed by atoms with E-state index in [1.165, 1.54) is 33.4 Å². The van der Waals surface area contributed by atoms with Crippen LogP contribution in [-0.2, 0) is 0 Å². The molecule has 0 aliphatic rings. The normalized spacial score (nSPS) is 11.2. The second-order valence-electron chi connectivity index (χ2n) is 12.6. The fourth-order valence-electron chi connectivity index (χ4n) is 6.97. The van der Waals surface area contributed by atoms with Gasteiger partial charge in [0.15, 0.2) is 0 Å². The first-order valence-electron chi connectivity index (χ1n) is 17.0. The van der Waals surface area contributed by atoms with Gasteiger partial charge in [-0.15, -0.1) is 0 Å². The number of hydrogen-bond donors (Lipinski definition) is 0. The number of rotatable bonds is 7. The highest BCUT2D eigenvalue weighted by atomic mass is 16.3. The number of furan rings is 1. The molecule has 0 aliphatic carbocycles. The molecule has 0 N–H and O–H groups in total. The maximum atomic E-state index is 6.31. The molecule has 2 heteroatoms.